The van der Waals surface area contributed by atoms with Crippen molar-refractivity contribution in [3.8, 4) is 0 Å². The zero-order valence-electron chi connectivity index (χ0n) is 17.0. The highest BCUT2D eigenvalue weighted by Gasteiger charge is 2.17. The molecule has 0 aliphatic heterocycles. The summed E-state index contributed by atoms with van der Waals surface area (Å²) >= 11 is 0. The third kappa shape index (κ3) is 27.9. The Morgan fingerprint density at radius 3 is 1.19 bits per heavy atom. The fourth-order valence-corrected chi connectivity index (χ4v) is 2.89. The van der Waals surface area contributed by atoms with Crippen molar-refractivity contribution in [2.45, 2.75) is 110 Å². The molecule has 7 nitrogen and oxygen atoms in total. The average Bonchev–Trinajstić information content (AvgIpc) is 2.58. The Kier molecular flexibility index (Phi) is 21.4. The fraction of sp³-hybridized carbons (Fsp3) is 1.00. The van der Waals surface area contributed by atoms with Crippen LogP contribution in [-0.2, 0) is 0 Å². The summed E-state index contributed by atoms with van der Waals surface area (Å²) in [4.78, 5) is 7.44. The summed E-state index contributed by atoms with van der Waals surface area (Å²) in [7, 11) is 0. The Morgan fingerprint density at radius 1 is 0.654 bits per heavy atom. The lowest BCUT2D eigenvalue weighted by atomic mass is 10.0. The zero-order chi connectivity index (χ0) is 20.1. The van der Waals surface area contributed by atoms with Crippen LogP contribution in [0.1, 0.15) is 110 Å². The van der Waals surface area contributed by atoms with E-state index in [1.165, 1.54) is 83.5 Å². The first-order valence-electron chi connectivity index (χ1n) is 10.5. The van der Waals surface area contributed by atoms with Crippen LogP contribution >= 0.6 is 0 Å². The summed E-state index contributed by atoms with van der Waals surface area (Å²) in [5.41, 5.74) is 0. The highest BCUT2D eigenvalue weighted by atomic mass is 16.9. The van der Waals surface area contributed by atoms with Gasteiger partial charge in [0.2, 0.25) is 0 Å². The Hall–Kier alpha value is -0.920. The van der Waals surface area contributed by atoms with Gasteiger partial charge in [0.25, 0.3) is 0 Å². The normalized spacial score (nSPS) is 11.1. The second-order valence-corrected chi connectivity index (χ2v) is 7.09. The number of hydroxylamine groups is 4. The molecule has 0 aliphatic rings. The van der Waals surface area contributed by atoms with Crippen molar-refractivity contribution >= 4 is 0 Å². The van der Waals surface area contributed by atoms with E-state index in [0.29, 0.717) is 13.1 Å². The molecule has 2 N–H and O–H groups in total. The van der Waals surface area contributed by atoms with E-state index in [1.807, 2.05) is 0 Å². The van der Waals surface area contributed by atoms with Gasteiger partial charge in [-0.25, -0.2) is 0 Å². The molecule has 0 spiro atoms. The number of hydrogen-bond donors (Lipinski definition) is 2. The number of quaternary nitrogens is 1. The standard InChI is InChI=1S/C19H42NO2.NO3/c1-3-5-6-7-8-9-10-11-12-13-14-15-16-17-18-19-20(21,22)4-2;2-1(3)4/h21-22H,3-19H2,1-2H3;/q+1;-1. The van der Waals surface area contributed by atoms with Crippen molar-refractivity contribution in [1.82, 2.24) is 0 Å². The molecular formula is C19H42N2O5. The Balaban J connectivity index is 0. The third-order valence-corrected chi connectivity index (χ3v) is 4.63. The van der Waals surface area contributed by atoms with Crippen molar-refractivity contribution in [2.24, 2.45) is 0 Å². The van der Waals surface area contributed by atoms with Crippen LogP contribution in [0.5, 0.6) is 0 Å². The van der Waals surface area contributed by atoms with Gasteiger partial charge in [-0.05, 0) is 18.2 Å². The molecule has 26 heavy (non-hydrogen) atoms. The lowest BCUT2D eigenvalue weighted by Crippen LogP contribution is -2.41. The first-order chi connectivity index (χ1) is 12.4. The molecule has 0 amide bonds. The van der Waals surface area contributed by atoms with Crippen LogP contribution in [0, 0.1) is 15.3 Å². The summed E-state index contributed by atoms with van der Waals surface area (Å²) < 4.78 is 0. The van der Waals surface area contributed by atoms with Crippen LogP contribution in [0.4, 0.5) is 0 Å². The summed E-state index contributed by atoms with van der Waals surface area (Å²) in [5.74, 6) is 0. The van der Waals surface area contributed by atoms with Gasteiger partial charge in [0, 0.05) is 6.42 Å². The minimum absolute atomic E-state index is 0.374. The Bertz CT molecular complexity index is 298. The number of hydrogen-bond acceptors (Lipinski definition) is 5. The van der Waals surface area contributed by atoms with E-state index in [4.69, 9.17) is 15.3 Å². The van der Waals surface area contributed by atoms with Gasteiger partial charge in [0.15, 0.2) is 0 Å². The lowest BCUT2D eigenvalue weighted by molar-refractivity contribution is -1.24. The van der Waals surface area contributed by atoms with Gasteiger partial charge in [-0.15, -0.1) is 0 Å². The molecule has 0 atom stereocenters. The Labute approximate surface area is 159 Å². The molecule has 0 rings (SSSR count). The third-order valence-electron chi connectivity index (χ3n) is 4.63. The monoisotopic (exact) mass is 378 g/mol. The summed E-state index contributed by atoms with van der Waals surface area (Å²) in [6.45, 7) is 4.91. The maximum atomic E-state index is 9.42. The largest absolute Gasteiger partial charge is 0.356 e. The number of rotatable bonds is 17. The minimum Gasteiger partial charge on any atom is -0.356 e. The highest BCUT2D eigenvalue weighted by molar-refractivity contribution is 4.49. The molecular weight excluding hydrogens is 336 g/mol. The minimum atomic E-state index is -1.75. The van der Waals surface area contributed by atoms with Gasteiger partial charge in [-0.2, -0.15) is 10.4 Å². The zero-order valence-corrected chi connectivity index (χ0v) is 17.0. The molecule has 0 bridgehead atoms. The molecule has 0 heterocycles. The van der Waals surface area contributed by atoms with Crippen LogP contribution in [0.2, 0.25) is 0 Å². The smallest absolute Gasteiger partial charge is 0.142 e. The highest BCUT2D eigenvalue weighted by Crippen LogP contribution is 2.13. The summed E-state index contributed by atoms with van der Waals surface area (Å²) in [5, 5.41) is 33.6. The molecule has 0 unspecified atom stereocenters. The SMILES string of the molecule is CCCCCCCCCCCCCCCCC[N+](O)(O)CC.O=[N+]([O-])[O-]. The maximum absolute atomic E-state index is 9.42. The van der Waals surface area contributed by atoms with E-state index in [2.05, 4.69) is 6.92 Å². The number of nitrogens with zero attached hydrogens (tertiary/aromatic N) is 2. The van der Waals surface area contributed by atoms with Gasteiger partial charge < -0.3 is 15.3 Å². The molecule has 0 aromatic heterocycles. The summed E-state index contributed by atoms with van der Waals surface area (Å²) in [6, 6.07) is 0. The van der Waals surface area contributed by atoms with E-state index >= 15 is 0 Å². The van der Waals surface area contributed by atoms with Crippen LogP contribution in [0.3, 0.4) is 0 Å². The molecule has 0 fully saturated rings. The van der Waals surface area contributed by atoms with Crippen LogP contribution < -0.4 is 0 Å². The van der Waals surface area contributed by atoms with Crippen molar-refractivity contribution in [1.29, 1.82) is 0 Å². The van der Waals surface area contributed by atoms with E-state index in [0.717, 1.165) is 12.8 Å². The van der Waals surface area contributed by atoms with Crippen LogP contribution in [0.25, 0.3) is 0 Å². The second-order valence-electron chi connectivity index (χ2n) is 7.09. The Morgan fingerprint density at radius 2 is 0.923 bits per heavy atom. The molecule has 7 heteroatoms. The maximum Gasteiger partial charge on any atom is 0.142 e. The number of unbranched alkanes of at least 4 members (excludes halogenated alkanes) is 14. The quantitative estimate of drug-likeness (QED) is 0.135. The molecule has 0 aromatic carbocycles. The fourth-order valence-electron chi connectivity index (χ4n) is 2.89. The van der Waals surface area contributed by atoms with Crippen molar-refractivity contribution in [3.63, 3.8) is 0 Å². The van der Waals surface area contributed by atoms with E-state index in [1.54, 1.807) is 6.92 Å². The first kappa shape index (κ1) is 27.3. The van der Waals surface area contributed by atoms with Crippen LogP contribution in [0.15, 0.2) is 0 Å². The predicted molar refractivity (Wildman–Crippen MR) is 105 cm³/mol. The molecule has 0 aliphatic carbocycles. The van der Waals surface area contributed by atoms with Gasteiger partial charge >= 0.3 is 0 Å². The average molecular weight is 379 g/mol. The van der Waals surface area contributed by atoms with E-state index in [9.17, 15) is 10.4 Å². The van der Waals surface area contributed by atoms with Crippen molar-refractivity contribution in [2.75, 3.05) is 13.1 Å². The summed E-state index contributed by atoms with van der Waals surface area (Å²) in [6.07, 6.45) is 20.1. The van der Waals surface area contributed by atoms with Crippen molar-refractivity contribution in [3.05, 3.63) is 15.3 Å². The predicted octanol–water partition coefficient (Wildman–Crippen LogP) is 6.23. The van der Waals surface area contributed by atoms with Crippen molar-refractivity contribution < 1.29 is 20.3 Å². The van der Waals surface area contributed by atoms with E-state index < -0.39 is 9.90 Å². The van der Waals surface area contributed by atoms with Gasteiger partial charge in [0.05, 0.1) is 5.09 Å². The topological polar surface area (TPSA) is 107 Å². The first-order valence-corrected chi connectivity index (χ1v) is 10.5. The molecule has 0 saturated carbocycles. The second kappa shape index (κ2) is 20.4. The van der Waals surface area contributed by atoms with Gasteiger partial charge in [0.1, 0.15) is 13.1 Å². The molecule has 0 saturated heterocycles. The van der Waals surface area contributed by atoms with E-state index in [-0.39, 0.29) is 0 Å². The molecule has 0 aromatic rings. The molecule has 158 valence electrons. The van der Waals surface area contributed by atoms with Crippen LogP contribution in [-0.4, -0.2) is 33.4 Å². The van der Waals surface area contributed by atoms with Gasteiger partial charge in [-0.3, -0.25) is 0 Å². The van der Waals surface area contributed by atoms with Gasteiger partial charge in [-0.1, -0.05) is 90.4 Å². The molecule has 0 radical (unpaired) electrons. The lowest BCUT2D eigenvalue weighted by Gasteiger charge is -2.18.